The van der Waals surface area contributed by atoms with E-state index in [2.05, 4.69) is 11.8 Å². The molecule has 1 aliphatic heterocycles. The highest BCUT2D eigenvalue weighted by molar-refractivity contribution is 5.30. The van der Waals surface area contributed by atoms with Gasteiger partial charge in [0.1, 0.15) is 5.82 Å². The zero-order valence-corrected chi connectivity index (χ0v) is 12.0. The van der Waals surface area contributed by atoms with Crippen LogP contribution in [-0.4, -0.2) is 24.5 Å². The summed E-state index contributed by atoms with van der Waals surface area (Å²) in [6, 6.07) is 5.19. The maximum absolute atomic E-state index is 13.5. The van der Waals surface area contributed by atoms with Crippen LogP contribution in [0.3, 0.4) is 0 Å². The molecule has 0 saturated carbocycles. The summed E-state index contributed by atoms with van der Waals surface area (Å²) in [6.45, 7) is 7.02. The number of nitrogens with two attached hydrogens (primary N) is 1. The van der Waals surface area contributed by atoms with Crippen molar-refractivity contribution in [1.82, 2.24) is 4.90 Å². The first-order valence-electron chi connectivity index (χ1n) is 7.35. The molecule has 1 saturated heterocycles. The Morgan fingerprint density at radius 1 is 1.37 bits per heavy atom. The summed E-state index contributed by atoms with van der Waals surface area (Å²) in [5.41, 5.74) is 8.14. The molecule has 1 aromatic rings. The molecule has 0 aliphatic carbocycles. The van der Waals surface area contributed by atoms with Crippen LogP contribution in [0.4, 0.5) is 4.39 Å². The number of likely N-dealkylation sites (tertiary alicyclic amines) is 1. The van der Waals surface area contributed by atoms with Gasteiger partial charge in [-0.05, 0) is 62.0 Å². The molecule has 2 rings (SSSR count). The third-order valence-electron chi connectivity index (χ3n) is 4.49. The predicted molar refractivity (Wildman–Crippen MR) is 77.5 cm³/mol. The Labute approximate surface area is 115 Å². The molecule has 1 aliphatic rings. The van der Waals surface area contributed by atoms with Crippen LogP contribution in [0.15, 0.2) is 18.2 Å². The fourth-order valence-corrected chi connectivity index (χ4v) is 3.12. The maximum atomic E-state index is 13.5. The first-order chi connectivity index (χ1) is 9.15. The number of piperidine rings is 1. The van der Waals surface area contributed by atoms with Gasteiger partial charge < -0.3 is 5.73 Å². The van der Waals surface area contributed by atoms with Gasteiger partial charge in [-0.15, -0.1) is 0 Å². The molecule has 1 unspecified atom stereocenters. The number of hydrogen-bond donors (Lipinski definition) is 1. The van der Waals surface area contributed by atoms with Crippen molar-refractivity contribution >= 4 is 0 Å². The van der Waals surface area contributed by atoms with Crippen LogP contribution in [0.2, 0.25) is 0 Å². The largest absolute Gasteiger partial charge is 0.329 e. The Morgan fingerprint density at radius 2 is 2.05 bits per heavy atom. The summed E-state index contributed by atoms with van der Waals surface area (Å²) in [5.74, 6) is 0.686. The predicted octanol–water partition coefficient (Wildman–Crippen LogP) is 3.26. The van der Waals surface area contributed by atoms with Crippen LogP contribution in [0, 0.1) is 18.7 Å². The SMILES string of the molecule is CCC1CCN(C(CN)c2cc(F)ccc2C)CC1. The molecule has 2 N–H and O–H groups in total. The number of benzene rings is 1. The van der Waals surface area contributed by atoms with Crippen molar-refractivity contribution in [2.45, 2.75) is 39.2 Å². The van der Waals surface area contributed by atoms with E-state index in [0.29, 0.717) is 6.54 Å². The second-order valence-corrected chi connectivity index (χ2v) is 5.64. The van der Waals surface area contributed by atoms with Crippen LogP contribution in [-0.2, 0) is 0 Å². The second kappa shape index (κ2) is 6.49. The van der Waals surface area contributed by atoms with Gasteiger partial charge in [0.15, 0.2) is 0 Å². The zero-order chi connectivity index (χ0) is 13.8. The van der Waals surface area contributed by atoms with E-state index in [0.717, 1.165) is 30.1 Å². The quantitative estimate of drug-likeness (QED) is 0.904. The van der Waals surface area contributed by atoms with Gasteiger partial charge in [0.05, 0.1) is 0 Å². The average Bonchev–Trinajstić information content (AvgIpc) is 2.44. The topological polar surface area (TPSA) is 29.3 Å². The Balaban J connectivity index is 2.14. The molecular weight excluding hydrogens is 239 g/mol. The van der Waals surface area contributed by atoms with Gasteiger partial charge in [0.2, 0.25) is 0 Å². The maximum Gasteiger partial charge on any atom is 0.123 e. The van der Waals surface area contributed by atoms with Gasteiger partial charge >= 0.3 is 0 Å². The summed E-state index contributed by atoms with van der Waals surface area (Å²) in [6.07, 6.45) is 3.74. The first kappa shape index (κ1) is 14.5. The number of hydrogen-bond acceptors (Lipinski definition) is 2. The van der Waals surface area contributed by atoms with Gasteiger partial charge in [-0.3, -0.25) is 4.90 Å². The van der Waals surface area contributed by atoms with Gasteiger partial charge in [0.25, 0.3) is 0 Å². The van der Waals surface area contributed by atoms with Gasteiger partial charge in [-0.25, -0.2) is 4.39 Å². The van der Waals surface area contributed by atoms with E-state index in [1.54, 1.807) is 6.07 Å². The van der Waals surface area contributed by atoms with Crippen molar-refractivity contribution in [1.29, 1.82) is 0 Å². The molecule has 2 nitrogen and oxygen atoms in total. The van der Waals surface area contributed by atoms with Crippen molar-refractivity contribution in [3.8, 4) is 0 Å². The summed E-state index contributed by atoms with van der Waals surface area (Å²) in [4.78, 5) is 2.42. The number of nitrogens with zero attached hydrogens (tertiary/aromatic N) is 1. The molecule has 106 valence electrons. The summed E-state index contributed by atoms with van der Waals surface area (Å²) in [5, 5.41) is 0. The van der Waals surface area contributed by atoms with Gasteiger partial charge in [-0.2, -0.15) is 0 Å². The molecule has 1 aromatic carbocycles. The number of halogens is 1. The lowest BCUT2D eigenvalue weighted by atomic mass is 9.91. The average molecular weight is 264 g/mol. The van der Waals surface area contributed by atoms with Crippen LogP contribution < -0.4 is 5.73 Å². The molecular formula is C16H25FN2. The van der Waals surface area contributed by atoms with E-state index in [9.17, 15) is 4.39 Å². The standard InChI is InChI=1S/C16H25FN2/c1-3-13-6-8-19(9-7-13)16(11-18)15-10-14(17)5-4-12(15)2/h4-5,10,13,16H,3,6-9,11,18H2,1-2H3. The van der Waals surface area contributed by atoms with Crippen molar-refractivity contribution in [3.63, 3.8) is 0 Å². The molecule has 1 fully saturated rings. The van der Waals surface area contributed by atoms with Crippen molar-refractivity contribution in [2.75, 3.05) is 19.6 Å². The molecule has 19 heavy (non-hydrogen) atoms. The van der Waals surface area contributed by atoms with Crippen LogP contribution in [0.1, 0.15) is 43.4 Å². The van der Waals surface area contributed by atoms with E-state index < -0.39 is 0 Å². The van der Waals surface area contributed by atoms with E-state index in [4.69, 9.17) is 5.73 Å². The molecule has 3 heteroatoms. The van der Waals surface area contributed by atoms with E-state index in [-0.39, 0.29) is 11.9 Å². The first-order valence-corrected chi connectivity index (χ1v) is 7.35. The summed E-state index contributed by atoms with van der Waals surface area (Å²) >= 11 is 0. The lowest BCUT2D eigenvalue weighted by Crippen LogP contribution is -2.40. The minimum absolute atomic E-state index is 0.161. The third-order valence-corrected chi connectivity index (χ3v) is 4.49. The van der Waals surface area contributed by atoms with E-state index >= 15 is 0 Å². The number of rotatable bonds is 4. The Hall–Kier alpha value is -0.930. The van der Waals surface area contributed by atoms with Gasteiger partial charge in [0, 0.05) is 12.6 Å². The summed E-state index contributed by atoms with van der Waals surface area (Å²) in [7, 11) is 0. The highest BCUT2D eigenvalue weighted by atomic mass is 19.1. The molecule has 0 spiro atoms. The van der Waals surface area contributed by atoms with Gasteiger partial charge in [-0.1, -0.05) is 19.4 Å². The lowest BCUT2D eigenvalue weighted by Gasteiger charge is -2.37. The molecule has 0 amide bonds. The molecule has 0 aromatic heterocycles. The summed E-state index contributed by atoms with van der Waals surface area (Å²) < 4.78 is 13.5. The van der Waals surface area contributed by atoms with Crippen LogP contribution in [0.5, 0.6) is 0 Å². The minimum atomic E-state index is -0.164. The molecule has 1 heterocycles. The smallest absolute Gasteiger partial charge is 0.123 e. The highest BCUT2D eigenvalue weighted by Crippen LogP contribution is 2.29. The third kappa shape index (κ3) is 3.34. The molecule has 0 radical (unpaired) electrons. The monoisotopic (exact) mass is 264 g/mol. The van der Waals surface area contributed by atoms with Crippen LogP contribution in [0.25, 0.3) is 0 Å². The van der Waals surface area contributed by atoms with Crippen molar-refractivity contribution in [3.05, 3.63) is 35.1 Å². The van der Waals surface area contributed by atoms with E-state index in [1.165, 1.54) is 25.3 Å². The fourth-order valence-electron chi connectivity index (χ4n) is 3.12. The Bertz CT molecular complexity index is 411. The normalized spacial score (nSPS) is 19.6. The Kier molecular flexibility index (Phi) is 4.94. The highest BCUT2D eigenvalue weighted by Gasteiger charge is 2.25. The second-order valence-electron chi connectivity index (χ2n) is 5.64. The van der Waals surface area contributed by atoms with Crippen molar-refractivity contribution in [2.24, 2.45) is 11.7 Å². The molecule has 0 bridgehead atoms. The fraction of sp³-hybridized carbons (Fsp3) is 0.625. The lowest BCUT2D eigenvalue weighted by molar-refractivity contribution is 0.133. The zero-order valence-electron chi connectivity index (χ0n) is 12.0. The van der Waals surface area contributed by atoms with E-state index in [1.807, 2.05) is 13.0 Å². The van der Waals surface area contributed by atoms with Crippen molar-refractivity contribution < 1.29 is 4.39 Å². The molecule has 1 atom stereocenters. The van der Waals surface area contributed by atoms with Crippen LogP contribution >= 0.6 is 0 Å². The number of aryl methyl sites for hydroxylation is 1. The minimum Gasteiger partial charge on any atom is -0.329 e. The Morgan fingerprint density at radius 3 is 2.63 bits per heavy atom.